The second kappa shape index (κ2) is 8.69. The molecule has 0 spiro atoms. The average molecular weight is 367 g/mol. The lowest BCUT2D eigenvalue weighted by molar-refractivity contribution is -0.137. The molecule has 1 aliphatic rings. The van der Waals surface area contributed by atoms with Gasteiger partial charge in [0.2, 0.25) is 5.91 Å². The Morgan fingerprint density at radius 1 is 1.38 bits per heavy atom. The van der Waals surface area contributed by atoms with E-state index in [-0.39, 0.29) is 30.8 Å². The summed E-state index contributed by atoms with van der Waals surface area (Å²) in [6, 6.07) is 4.34. The van der Waals surface area contributed by atoms with E-state index in [0.29, 0.717) is 18.8 Å². The lowest BCUT2D eigenvalue weighted by Gasteiger charge is -2.30. The van der Waals surface area contributed by atoms with Crippen molar-refractivity contribution in [3.8, 4) is 0 Å². The maximum absolute atomic E-state index is 12.7. The highest BCUT2D eigenvalue weighted by Crippen LogP contribution is 2.29. The largest absolute Gasteiger partial charge is 0.416 e. The molecule has 136 valence electrons. The molecule has 2 rings (SSSR count). The third-order valence-corrected chi connectivity index (χ3v) is 4.11. The number of carbonyl (C=O) groups excluding carboxylic acids is 1. The minimum absolute atomic E-state index is 0. The van der Waals surface area contributed by atoms with Crippen LogP contribution in [-0.4, -0.2) is 37.1 Å². The van der Waals surface area contributed by atoms with E-state index in [1.165, 1.54) is 11.0 Å². The molecule has 1 fully saturated rings. The molecule has 0 saturated carbocycles. The summed E-state index contributed by atoms with van der Waals surface area (Å²) in [5.41, 5.74) is 5.73. The zero-order valence-corrected chi connectivity index (χ0v) is 14.2. The fourth-order valence-corrected chi connectivity index (χ4v) is 2.73. The lowest BCUT2D eigenvalue weighted by atomic mass is 9.91. The summed E-state index contributed by atoms with van der Waals surface area (Å²) >= 11 is 0. The van der Waals surface area contributed by atoms with E-state index in [9.17, 15) is 18.0 Å². The highest BCUT2D eigenvalue weighted by Gasteiger charge is 2.31. The van der Waals surface area contributed by atoms with Gasteiger partial charge in [0, 0.05) is 26.8 Å². The molecule has 1 aromatic rings. The Labute approximate surface area is 145 Å². The molecule has 1 heterocycles. The molecule has 8 heteroatoms. The van der Waals surface area contributed by atoms with E-state index in [1.54, 1.807) is 13.1 Å². The standard InChI is InChI=1S/C16H21F3N2O2.ClH/c1-21(15(22)14(20)12-5-7-23-8-6-12)10-11-3-2-4-13(9-11)16(17,18)19;/h2-4,9,12,14H,5-8,10,20H2,1H3;1H. The number of halogens is 4. The molecule has 24 heavy (non-hydrogen) atoms. The number of nitrogens with two attached hydrogens (primary N) is 1. The number of amides is 1. The first-order chi connectivity index (χ1) is 10.8. The van der Waals surface area contributed by atoms with Gasteiger partial charge in [-0.15, -0.1) is 12.4 Å². The highest BCUT2D eigenvalue weighted by molar-refractivity contribution is 5.85. The van der Waals surface area contributed by atoms with Crippen molar-refractivity contribution in [1.82, 2.24) is 4.90 Å². The van der Waals surface area contributed by atoms with Crippen LogP contribution >= 0.6 is 12.4 Å². The second-order valence-electron chi connectivity index (χ2n) is 5.87. The van der Waals surface area contributed by atoms with Crippen molar-refractivity contribution in [3.05, 3.63) is 35.4 Å². The molecule has 0 radical (unpaired) electrons. The molecule has 0 bridgehead atoms. The zero-order valence-electron chi connectivity index (χ0n) is 13.4. The first-order valence-electron chi connectivity index (χ1n) is 7.53. The number of alkyl halides is 3. The molecule has 4 nitrogen and oxygen atoms in total. The third-order valence-electron chi connectivity index (χ3n) is 4.11. The Hall–Kier alpha value is -1.31. The van der Waals surface area contributed by atoms with E-state index in [4.69, 9.17) is 10.5 Å². The van der Waals surface area contributed by atoms with Gasteiger partial charge in [0.15, 0.2) is 0 Å². The molecular weight excluding hydrogens is 345 g/mol. The van der Waals surface area contributed by atoms with Gasteiger partial charge in [-0.3, -0.25) is 4.79 Å². The van der Waals surface area contributed by atoms with Gasteiger partial charge in [-0.05, 0) is 36.5 Å². The summed E-state index contributed by atoms with van der Waals surface area (Å²) in [5.74, 6) is -0.200. The van der Waals surface area contributed by atoms with Crippen LogP contribution in [0.15, 0.2) is 24.3 Å². The number of hydrogen-bond acceptors (Lipinski definition) is 3. The molecule has 1 aliphatic heterocycles. The van der Waals surface area contributed by atoms with E-state index < -0.39 is 17.8 Å². The van der Waals surface area contributed by atoms with Crippen LogP contribution in [0.2, 0.25) is 0 Å². The Bertz CT molecular complexity index is 548. The van der Waals surface area contributed by atoms with Gasteiger partial charge >= 0.3 is 6.18 Å². The van der Waals surface area contributed by atoms with Crippen molar-refractivity contribution in [2.45, 2.75) is 31.6 Å². The van der Waals surface area contributed by atoms with Gasteiger partial charge in [0.05, 0.1) is 11.6 Å². The lowest BCUT2D eigenvalue weighted by Crippen LogP contribution is -2.47. The van der Waals surface area contributed by atoms with E-state index in [2.05, 4.69) is 0 Å². The van der Waals surface area contributed by atoms with Crippen molar-refractivity contribution in [2.24, 2.45) is 11.7 Å². The number of benzene rings is 1. The Kier molecular flexibility index (Phi) is 7.51. The summed E-state index contributed by atoms with van der Waals surface area (Å²) in [6.45, 7) is 1.27. The molecule has 0 aromatic heterocycles. The summed E-state index contributed by atoms with van der Waals surface area (Å²) in [4.78, 5) is 13.8. The fraction of sp³-hybridized carbons (Fsp3) is 0.562. The second-order valence-corrected chi connectivity index (χ2v) is 5.87. The predicted molar refractivity (Wildman–Crippen MR) is 86.7 cm³/mol. The monoisotopic (exact) mass is 366 g/mol. The number of hydrogen-bond donors (Lipinski definition) is 1. The van der Waals surface area contributed by atoms with Gasteiger partial charge in [0.1, 0.15) is 0 Å². The van der Waals surface area contributed by atoms with Gasteiger partial charge < -0.3 is 15.4 Å². The summed E-state index contributed by atoms with van der Waals surface area (Å²) in [5, 5.41) is 0. The van der Waals surface area contributed by atoms with Crippen LogP contribution < -0.4 is 5.73 Å². The fourth-order valence-electron chi connectivity index (χ4n) is 2.73. The summed E-state index contributed by atoms with van der Waals surface area (Å²) in [6.07, 6.45) is -2.94. The van der Waals surface area contributed by atoms with Crippen LogP contribution in [0.5, 0.6) is 0 Å². The first-order valence-corrected chi connectivity index (χ1v) is 7.53. The third kappa shape index (κ3) is 5.36. The van der Waals surface area contributed by atoms with Crippen LogP contribution in [0.3, 0.4) is 0 Å². The number of ether oxygens (including phenoxy) is 1. The minimum atomic E-state index is -4.39. The Balaban J connectivity index is 0.00000288. The van der Waals surface area contributed by atoms with E-state index >= 15 is 0 Å². The number of likely N-dealkylation sites (N-methyl/N-ethyl adjacent to an activating group) is 1. The van der Waals surface area contributed by atoms with Gasteiger partial charge in [-0.2, -0.15) is 13.2 Å². The van der Waals surface area contributed by atoms with Crippen molar-refractivity contribution in [3.63, 3.8) is 0 Å². The minimum Gasteiger partial charge on any atom is -0.381 e. The normalized spacial score (nSPS) is 17.0. The summed E-state index contributed by atoms with van der Waals surface area (Å²) in [7, 11) is 1.56. The molecule has 1 amide bonds. The molecular formula is C16H22ClF3N2O2. The van der Waals surface area contributed by atoms with Crippen molar-refractivity contribution in [1.29, 1.82) is 0 Å². The zero-order chi connectivity index (χ0) is 17.0. The van der Waals surface area contributed by atoms with E-state index in [1.807, 2.05) is 0 Å². The van der Waals surface area contributed by atoms with Crippen molar-refractivity contribution in [2.75, 3.05) is 20.3 Å². The molecule has 1 saturated heterocycles. The number of rotatable bonds is 4. The highest BCUT2D eigenvalue weighted by atomic mass is 35.5. The van der Waals surface area contributed by atoms with Crippen LogP contribution in [0.25, 0.3) is 0 Å². The van der Waals surface area contributed by atoms with Gasteiger partial charge in [0.25, 0.3) is 0 Å². The number of nitrogens with zero attached hydrogens (tertiary/aromatic N) is 1. The quantitative estimate of drug-likeness (QED) is 0.891. The number of carbonyl (C=O) groups is 1. The topological polar surface area (TPSA) is 55.6 Å². The molecule has 1 unspecified atom stereocenters. The van der Waals surface area contributed by atoms with Crippen LogP contribution in [0, 0.1) is 5.92 Å². The van der Waals surface area contributed by atoms with Crippen LogP contribution in [-0.2, 0) is 22.3 Å². The van der Waals surface area contributed by atoms with Crippen molar-refractivity contribution >= 4 is 18.3 Å². The van der Waals surface area contributed by atoms with Crippen LogP contribution in [0.1, 0.15) is 24.0 Å². The average Bonchev–Trinajstić information content (AvgIpc) is 2.53. The van der Waals surface area contributed by atoms with E-state index in [0.717, 1.165) is 25.0 Å². The Morgan fingerprint density at radius 3 is 2.58 bits per heavy atom. The predicted octanol–water partition coefficient (Wildman–Crippen LogP) is 2.84. The van der Waals surface area contributed by atoms with Crippen LogP contribution in [0.4, 0.5) is 13.2 Å². The summed E-state index contributed by atoms with van der Waals surface area (Å²) < 4.78 is 43.4. The van der Waals surface area contributed by atoms with Crippen molar-refractivity contribution < 1.29 is 22.7 Å². The molecule has 1 atom stereocenters. The maximum Gasteiger partial charge on any atom is 0.416 e. The Morgan fingerprint density at radius 2 is 2.00 bits per heavy atom. The van der Waals surface area contributed by atoms with Gasteiger partial charge in [-0.1, -0.05) is 12.1 Å². The SMILES string of the molecule is CN(Cc1cccc(C(F)(F)F)c1)C(=O)C(N)C1CCOCC1.Cl. The molecule has 2 N–H and O–H groups in total. The molecule has 0 aliphatic carbocycles. The maximum atomic E-state index is 12.7. The first kappa shape index (κ1) is 20.7. The molecule has 1 aromatic carbocycles. The van der Waals surface area contributed by atoms with Gasteiger partial charge in [-0.25, -0.2) is 0 Å². The smallest absolute Gasteiger partial charge is 0.381 e.